The molecule has 60 valence electrons. The van der Waals surface area contributed by atoms with Gasteiger partial charge in [0.2, 0.25) is 0 Å². The quantitative estimate of drug-likeness (QED) is 0.266. The summed E-state index contributed by atoms with van der Waals surface area (Å²) in [6.07, 6.45) is 0.227. The minimum absolute atomic E-state index is 0.227. The molecule has 0 bridgehead atoms. The molecule has 0 aromatic rings. The molecule has 0 aromatic heterocycles. The van der Waals surface area contributed by atoms with E-state index in [1.165, 1.54) is 0 Å². The second-order valence-corrected chi connectivity index (χ2v) is 2.43. The maximum atomic E-state index is 9.13. The van der Waals surface area contributed by atoms with E-state index in [2.05, 4.69) is 10.9 Å². The van der Waals surface area contributed by atoms with Crippen LogP contribution in [0.15, 0.2) is 0 Å². The Morgan fingerprint density at radius 3 is 2.60 bits per heavy atom. The molecule has 0 saturated carbocycles. The first-order valence-corrected chi connectivity index (χ1v) is 3.21. The van der Waals surface area contributed by atoms with Gasteiger partial charge in [-0.3, -0.25) is 5.43 Å². The maximum Gasteiger partial charge on any atom is 0.183 e. The number of aliphatic hydroxyl groups is 3. The molecule has 1 atom stereocenters. The highest BCUT2D eigenvalue weighted by molar-refractivity contribution is 4.84. The monoisotopic (exact) mass is 148 g/mol. The predicted molar refractivity (Wildman–Crippen MR) is 33.8 cm³/mol. The molecule has 1 heterocycles. The van der Waals surface area contributed by atoms with Gasteiger partial charge in [0.05, 0.1) is 12.6 Å². The van der Waals surface area contributed by atoms with Crippen molar-refractivity contribution in [2.75, 3.05) is 13.2 Å². The third-order valence-electron chi connectivity index (χ3n) is 1.63. The largest absolute Gasteiger partial charge is 0.394 e. The molecule has 5 nitrogen and oxygen atoms in total. The molecule has 1 fully saturated rings. The van der Waals surface area contributed by atoms with Gasteiger partial charge >= 0.3 is 0 Å². The number of nitrogens with one attached hydrogen (secondary N) is 2. The number of rotatable bonds is 1. The molecule has 1 unspecified atom stereocenters. The average Bonchev–Trinajstić information content (AvgIpc) is 1.87. The van der Waals surface area contributed by atoms with Crippen LogP contribution in [0.5, 0.6) is 0 Å². The Hall–Kier alpha value is -0.200. The second kappa shape index (κ2) is 2.81. The van der Waals surface area contributed by atoms with Crippen LogP contribution < -0.4 is 10.9 Å². The van der Waals surface area contributed by atoms with Crippen LogP contribution in [0.1, 0.15) is 6.42 Å². The Morgan fingerprint density at radius 2 is 2.20 bits per heavy atom. The van der Waals surface area contributed by atoms with Crippen molar-refractivity contribution in [3.8, 4) is 0 Å². The normalized spacial score (nSPS) is 32.1. The SMILES string of the molecule is OCC1NNCCC1(O)O. The Bertz CT molecular complexity index is 117. The zero-order valence-electron chi connectivity index (χ0n) is 5.54. The number of hydrogen-bond donors (Lipinski definition) is 5. The standard InChI is InChI=1S/C5H12N2O3/c8-3-4-5(9,10)1-2-6-7-4/h4,6-10H,1-3H2. The average molecular weight is 148 g/mol. The van der Waals surface area contributed by atoms with Crippen molar-refractivity contribution in [3.63, 3.8) is 0 Å². The number of aliphatic hydroxyl groups excluding tert-OH is 1. The lowest BCUT2D eigenvalue weighted by Gasteiger charge is -2.35. The molecule has 1 rings (SSSR count). The molecule has 0 spiro atoms. The van der Waals surface area contributed by atoms with Crippen molar-refractivity contribution in [1.82, 2.24) is 10.9 Å². The van der Waals surface area contributed by atoms with Crippen LogP contribution in [0.2, 0.25) is 0 Å². The smallest absolute Gasteiger partial charge is 0.183 e. The van der Waals surface area contributed by atoms with Gasteiger partial charge < -0.3 is 15.3 Å². The van der Waals surface area contributed by atoms with E-state index in [0.717, 1.165) is 0 Å². The fourth-order valence-electron chi connectivity index (χ4n) is 0.923. The first kappa shape index (κ1) is 7.90. The summed E-state index contributed by atoms with van der Waals surface area (Å²) in [4.78, 5) is 0. The summed E-state index contributed by atoms with van der Waals surface area (Å²) in [5.41, 5.74) is 5.27. The van der Waals surface area contributed by atoms with Crippen molar-refractivity contribution in [1.29, 1.82) is 0 Å². The fourth-order valence-corrected chi connectivity index (χ4v) is 0.923. The highest BCUT2D eigenvalue weighted by Gasteiger charge is 2.36. The first-order chi connectivity index (χ1) is 4.67. The van der Waals surface area contributed by atoms with Crippen LogP contribution in [0, 0.1) is 0 Å². The van der Waals surface area contributed by atoms with Gasteiger partial charge in [-0.15, -0.1) is 0 Å². The van der Waals surface area contributed by atoms with Crippen molar-refractivity contribution >= 4 is 0 Å². The minimum Gasteiger partial charge on any atom is -0.394 e. The summed E-state index contributed by atoms with van der Waals surface area (Å²) in [5.74, 6) is -1.78. The van der Waals surface area contributed by atoms with Gasteiger partial charge in [-0.05, 0) is 0 Å². The van der Waals surface area contributed by atoms with E-state index in [0.29, 0.717) is 6.54 Å². The lowest BCUT2D eigenvalue weighted by molar-refractivity contribution is -0.206. The number of hydrogen-bond acceptors (Lipinski definition) is 5. The third-order valence-corrected chi connectivity index (χ3v) is 1.63. The maximum absolute atomic E-state index is 9.13. The molecule has 0 radical (unpaired) electrons. The zero-order chi connectivity index (χ0) is 7.61. The van der Waals surface area contributed by atoms with Crippen molar-refractivity contribution < 1.29 is 15.3 Å². The van der Waals surface area contributed by atoms with Crippen molar-refractivity contribution in [2.45, 2.75) is 18.2 Å². The van der Waals surface area contributed by atoms with E-state index in [4.69, 9.17) is 15.3 Å². The molecule has 1 saturated heterocycles. The summed E-state index contributed by atoms with van der Waals surface area (Å²) >= 11 is 0. The lowest BCUT2D eigenvalue weighted by atomic mass is 10.0. The molecule has 0 amide bonds. The summed E-state index contributed by atoms with van der Waals surface area (Å²) in [6.45, 7) is 0.198. The summed E-state index contributed by atoms with van der Waals surface area (Å²) in [7, 11) is 0. The van der Waals surface area contributed by atoms with E-state index in [1.807, 2.05) is 0 Å². The molecule has 5 heteroatoms. The van der Waals surface area contributed by atoms with Crippen LogP contribution >= 0.6 is 0 Å². The highest BCUT2D eigenvalue weighted by Crippen LogP contribution is 2.12. The second-order valence-electron chi connectivity index (χ2n) is 2.43. The van der Waals surface area contributed by atoms with Gasteiger partial charge in [0.25, 0.3) is 0 Å². The van der Waals surface area contributed by atoms with Crippen molar-refractivity contribution in [3.05, 3.63) is 0 Å². The van der Waals surface area contributed by atoms with Crippen LogP contribution in [0.25, 0.3) is 0 Å². The molecular weight excluding hydrogens is 136 g/mol. The van der Waals surface area contributed by atoms with Crippen LogP contribution in [0.4, 0.5) is 0 Å². The Kier molecular flexibility index (Phi) is 2.22. The number of hydrazine groups is 1. The Labute approximate surface area is 58.6 Å². The van der Waals surface area contributed by atoms with E-state index in [-0.39, 0.29) is 13.0 Å². The third kappa shape index (κ3) is 1.44. The van der Waals surface area contributed by atoms with Crippen LogP contribution in [-0.4, -0.2) is 40.3 Å². The van der Waals surface area contributed by atoms with Crippen LogP contribution in [-0.2, 0) is 0 Å². The highest BCUT2D eigenvalue weighted by atomic mass is 16.5. The van der Waals surface area contributed by atoms with Gasteiger partial charge in [-0.1, -0.05) is 0 Å². The Balaban J connectivity index is 2.51. The molecule has 0 aromatic carbocycles. The van der Waals surface area contributed by atoms with Gasteiger partial charge in [-0.25, -0.2) is 5.43 Å². The molecular formula is C5H12N2O3. The van der Waals surface area contributed by atoms with Crippen LogP contribution in [0.3, 0.4) is 0 Å². The minimum atomic E-state index is -1.78. The van der Waals surface area contributed by atoms with Gasteiger partial charge in [0.1, 0.15) is 0 Å². The van der Waals surface area contributed by atoms with Crippen molar-refractivity contribution in [2.24, 2.45) is 0 Å². The molecule has 1 aliphatic heterocycles. The molecule has 5 N–H and O–H groups in total. The topological polar surface area (TPSA) is 84.8 Å². The van der Waals surface area contributed by atoms with E-state index < -0.39 is 11.8 Å². The molecule has 0 aliphatic carbocycles. The first-order valence-electron chi connectivity index (χ1n) is 3.21. The van der Waals surface area contributed by atoms with Gasteiger partial charge in [0.15, 0.2) is 5.79 Å². The van der Waals surface area contributed by atoms with Gasteiger partial charge in [-0.2, -0.15) is 0 Å². The summed E-state index contributed by atoms with van der Waals surface area (Å²) in [6, 6.07) is -0.693. The Morgan fingerprint density at radius 1 is 1.50 bits per heavy atom. The summed E-state index contributed by atoms with van der Waals surface area (Å²) < 4.78 is 0. The predicted octanol–water partition coefficient (Wildman–Crippen LogP) is -2.47. The van der Waals surface area contributed by atoms with E-state index in [9.17, 15) is 0 Å². The molecule has 10 heavy (non-hydrogen) atoms. The van der Waals surface area contributed by atoms with Gasteiger partial charge in [0, 0.05) is 13.0 Å². The van der Waals surface area contributed by atoms with E-state index >= 15 is 0 Å². The molecule has 1 aliphatic rings. The fraction of sp³-hybridized carbons (Fsp3) is 1.00. The zero-order valence-corrected chi connectivity index (χ0v) is 5.54. The lowest BCUT2D eigenvalue weighted by Crippen LogP contribution is -2.62. The summed E-state index contributed by atoms with van der Waals surface area (Å²) in [5, 5.41) is 26.9. The van der Waals surface area contributed by atoms with E-state index in [1.54, 1.807) is 0 Å².